The summed E-state index contributed by atoms with van der Waals surface area (Å²) in [7, 11) is 0. The van der Waals surface area contributed by atoms with Crippen molar-refractivity contribution < 1.29 is 4.39 Å². The Balaban J connectivity index is 1.97. The SMILES string of the molecule is CC(C)CNCc1ccn(Cc2cc(F)ccc2Br)n1. The van der Waals surface area contributed by atoms with Gasteiger partial charge in [-0.2, -0.15) is 5.10 Å². The van der Waals surface area contributed by atoms with Crippen LogP contribution < -0.4 is 5.32 Å². The van der Waals surface area contributed by atoms with Gasteiger partial charge in [0.05, 0.1) is 12.2 Å². The third-order valence-corrected chi connectivity index (χ3v) is 3.67. The molecule has 3 nitrogen and oxygen atoms in total. The van der Waals surface area contributed by atoms with E-state index in [4.69, 9.17) is 0 Å². The molecule has 2 aromatic rings. The van der Waals surface area contributed by atoms with Crippen molar-refractivity contribution in [3.63, 3.8) is 0 Å². The number of nitrogens with one attached hydrogen (secondary N) is 1. The molecule has 2 rings (SSSR count). The fourth-order valence-electron chi connectivity index (χ4n) is 1.91. The Labute approximate surface area is 127 Å². The molecule has 0 saturated heterocycles. The molecule has 0 aliphatic rings. The second kappa shape index (κ2) is 6.99. The Bertz CT molecular complexity index is 566. The molecule has 1 aromatic heterocycles. The molecule has 20 heavy (non-hydrogen) atoms. The molecule has 1 heterocycles. The van der Waals surface area contributed by atoms with Crippen molar-refractivity contribution in [2.75, 3.05) is 6.54 Å². The summed E-state index contributed by atoms with van der Waals surface area (Å²) in [6, 6.07) is 6.68. The van der Waals surface area contributed by atoms with Gasteiger partial charge in [-0.25, -0.2) is 4.39 Å². The number of rotatable bonds is 6. The highest BCUT2D eigenvalue weighted by molar-refractivity contribution is 9.10. The van der Waals surface area contributed by atoms with Crippen LogP contribution in [0.15, 0.2) is 34.9 Å². The van der Waals surface area contributed by atoms with Crippen LogP contribution in [0.3, 0.4) is 0 Å². The van der Waals surface area contributed by atoms with Gasteiger partial charge in [0.25, 0.3) is 0 Å². The van der Waals surface area contributed by atoms with Crippen molar-refractivity contribution in [1.29, 1.82) is 0 Å². The number of benzene rings is 1. The van der Waals surface area contributed by atoms with Gasteiger partial charge in [0.15, 0.2) is 0 Å². The van der Waals surface area contributed by atoms with Gasteiger partial charge in [-0.05, 0) is 42.3 Å². The number of halogens is 2. The maximum absolute atomic E-state index is 13.2. The second-order valence-corrected chi connectivity index (χ2v) is 6.12. The summed E-state index contributed by atoms with van der Waals surface area (Å²) < 4.78 is 16.0. The average molecular weight is 340 g/mol. The van der Waals surface area contributed by atoms with Crippen molar-refractivity contribution in [2.45, 2.75) is 26.9 Å². The summed E-state index contributed by atoms with van der Waals surface area (Å²) in [5.74, 6) is 0.398. The molecule has 1 aromatic carbocycles. The van der Waals surface area contributed by atoms with Crippen molar-refractivity contribution in [3.05, 3.63) is 52.0 Å². The highest BCUT2D eigenvalue weighted by Crippen LogP contribution is 2.18. The van der Waals surface area contributed by atoms with Crippen LogP contribution in [-0.4, -0.2) is 16.3 Å². The Morgan fingerprint density at radius 2 is 2.15 bits per heavy atom. The Morgan fingerprint density at radius 1 is 1.35 bits per heavy atom. The van der Waals surface area contributed by atoms with Gasteiger partial charge in [-0.15, -0.1) is 0 Å². The highest BCUT2D eigenvalue weighted by atomic mass is 79.9. The molecule has 0 unspecified atom stereocenters. The van der Waals surface area contributed by atoms with E-state index in [0.717, 1.165) is 28.8 Å². The molecule has 0 aliphatic heterocycles. The van der Waals surface area contributed by atoms with E-state index in [-0.39, 0.29) is 5.82 Å². The third kappa shape index (κ3) is 4.42. The quantitative estimate of drug-likeness (QED) is 0.871. The maximum atomic E-state index is 13.2. The van der Waals surface area contributed by atoms with E-state index in [1.165, 1.54) is 12.1 Å². The molecule has 0 spiro atoms. The maximum Gasteiger partial charge on any atom is 0.123 e. The van der Waals surface area contributed by atoms with Crippen LogP contribution in [0.1, 0.15) is 25.1 Å². The van der Waals surface area contributed by atoms with Gasteiger partial charge < -0.3 is 5.32 Å². The van der Waals surface area contributed by atoms with E-state index in [2.05, 4.69) is 40.2 Å². The van der Waals surface area contributed by atoms with E-state index in [1.807, 2.05) is 16.9 Å². The van der Waals surface area contributed by atoms with Crippen LogP contribution >= 0.6 is 15.9 Å². The molecule has 1 N–H and O–H groups in total. The smallest absolute Gasteiger partial charge is 0.123 e. The lowest BCUT2D eigenvalue weighted by Crippen LogP contribution is -2.19. The average Bonchev–Trinajstić information content (AvgIpc) is 2.81. The zero-order chi connectivity index (χ0) is 14.5. The van der Waals surface area contributed by atoms with E-state index in [1.54, 1.807) is 6.07 Å². The van der Waals surface area contributed by atoms with Gasteiger partial charge in [0.2, 0.25) is 0 Å². The minimum Gasteiger partial charge on any atom is -0.311 e. The second-order valence-electron chi connectivity index (χ2n) is 5.27. The first kappa shape index (κ1) is 15.2. The van der Waals surface area contributed by atoms with Crippen LogP contribution in [0.2, 0.25) is 0 Å². The molecule has 0 bridgehead atoms. The zero-order valence-electron chi connectivity index (χ0n) is 11.7. The highest BCUT2D eigenvalue weighted by Gasteiger charge is 2.05. The lowest BCUT2D eigenvalue weighted by molar-refractivity contribution is 0.542. The van der Waals surface area contributed by atoms with Crippen molar-refractivity contribution in [2.24, 2.45) is 5.92 Å². The molecule has 0 radical (unpaired) electrons. The third-order valence-electron chi connectivity index (χ3n) is 2.89. The predicted octanol–water partition coefficient (Wildman–Crippen LogP) is 3.58. The molecule has 0 saturated carbocycles. The van der Waals surface area contributed by atoms with Gasteiger partial charge in [-0.1, -0.05) is 29.8 Å². The van der Waals surface area contributed by atoms with Gasteiger partial charge in [0.1, 0.15) is 5.82 Å². The first-order valence-electron chi connectivity index (χ1n) is 6.71. The Hall–Kier alpha value is -1.20. The molecule has 0 aliphatic carbocycles. The summed E-state index contributed by atoms with van der Waals surface area (Å²) in [6.45, 7) is 6.64. The fraction of sp³-hybridized carbons (Fsp3) is 0.400. The molecular formula is C15H19BrFN3. The number of hydrogen-bond acceptors (Lipinski definition) is 2. The summed E-state index contributed by atoms with van der Waals surface area (Å²) in [5, 5.41) is 7.84. The molecular weight excluding hydrogens is 321 g/mol. The molecule has 0 atom stereocenters. The largest absolute Gasteiger partial charge is 0.311 e. The summed E-state index contributed by atoms with van der Waals surface area (Å²) >= 11 is 3.43. The summed E-state index contributed by atoms with van der Waals surface area (Å²) in [5.41, 5.74) is 1.88. The Kier molecular flexibility index (Phi) is 5.31. The number of nitrogens with zero attached hydrogens (tertiary/aromatic N) is 2. The lowest BCUT2D eigenvalue weighted by atomic mass is 10.2. The molecule has 5 heteroatoms. The van der Waals surface area contributed by atoms with E-state index in [0.29, 0.717) is 12.5 Å². The van der Waals surface area contributed by atoms with E-state index < -0.39 is 0 Å². The lowest BCUT2D eigenvalue weighted by Gasteiger charge is -2.06. The minimum atomic E-state index is -0.228. The normalized spacial score (nSPS) is 11.2. The predicted molar refractivity (Wildman–Crippen MR) is 82.0 cm³/mol. The number of aromatic nitrogens is 2. The van der Waals surface area contributed by atoms with Gasteiger partial charge in [0, 0.05) is 17.2 Å². The summed E-state index contributed by atoms with van der Waals surface area (Å²) in [4.78, 5) is 0. The van der Waals surface area contributed by atoms with Crippen molar-refractivity contribution in [1.82, 2.24) is 15.1 Å². The molecule has 108 valence electrons. The van der Waals surface area contributed by atoms with Crippen LogP contribution in [-0.2, 0) is 13.1 Å². The summed E-state index contributed by atoms with van der Waals surface area (Å²) in [6.07, 6.45) is 1.92. The fourth-order valence-corrected chi connectivity index (χ4v) is 2.29. The molecule has 0 amide bonds. The minimum absolute atomic E-state index is 0.228. The Morgan fingerprint density at radius 3 is 2.90 bits per heavy atom. The van der Waals surface area contributed by atoms with Crippen LogP contribution in [0.4, 0.5) is 4.39 Å². The molecule has 0 fully saturated rings. The van der Waals surface area contributed by atoms with Gasteiger partial charge in [-0.3, -0.25) is 4.68 Å². The van der Waals surface area contributed by atoms with Crippen molar-refractivity contribution >= 4 is 15.9 Å². The first-order valence-corrected chi connectivity index (χ1v) is 7.51. The van der Waals surface area contributed by atoms with E-state index in [9.17, 15) is 4.39 Å². The van der Waals surface area contributed by atoms with Crippen LogP contribution in [0.25, 0.3) is 0 Å². The van der Waals surface area contributed by atoms with Crippen molar-refractivity contribution in [3.8, 4) is 0 Å². The first-order chi connectivity index (χ1) is 9.54. The zero-order valence-corrected chi connectivity index (χ0v) is 13.3. The van der Waals surface area contributed by atoms with Gasteiger partial charge >= 0.3 is 0 Å². The topological polar surface area (TPSA) is 29.9 Å². The van der Waals surface area contributed by atoms with Crippen LogP contribution in [0.5, 0.6) is 0 Å². The standard InChI is InChI=1S/C15H19BrFN3/c1-11(2)8-18-9-14-5-6-20(19-14)10-12-7-13(17)3-4-15(12)16/h3-7,11,18H,8-10H2,1-2H3. The van der Waals surface area contributed by atoms with Crippen LogP contribution in [0, 0.1) is 11.7 Å². The van der Waals surface area contributed by atoms with E-state index >= 15 is 0 Å². The monoisotopic (exact) mass is 339 g/mol. The number of hydrogen-bond donors (Lipinski definition) is 1.